The number of nitrogens with zero attached hydrogens (tertiary/aromatic N) is 4. The van der Waals surface area contributed by atoms with E-state index in [9.17, 15) is 9.59 Å². The predicted octanol–water partition coefficient (Wildman–Crippen LogP) is 4.17. The number of halogens is 1. The Bertz CT molecular complexity index is 1240. The molecule has 2 aromatic heterocycles. The van der Waals surface area contributed by atoms with Crippen LogP contribution in [0, 0.1) is 6.92 Å². The number of aldehydes is 1. The van der Waals surface area contributed by atoms with Crippen molar-refractivity contribution in [1.82, 2.24) is 15.2 Å². The molecule has 176 valence electrons. The standard InChI is InChI=1S/C25H26ClN5O3/c1-15(2)17-7-5-6-8-18(17)25(24(33)28-19-11-27-22(26)10-21(19)34-4)13-31(14-25)23-9-16(3)20(12-32)29-30-23/h5-12,15H,13-14H2,1-4H3,(H,28,33). The van der Waals surface area contributed by atoms with Gasteiger partial charge in [-0.05, 0) is 35.6 Å². The lowest BCUT2D eigenvalue weighted by Gasteiger charge is -2.50. The van der Waals surface area contributed by atoms with Gasteiger partial charge in [0.15, 0.2) is 12.1 Å². The second kappa shape index (κ2) is 9.38. The van der Waals surface area contributed by atoms with E-state index >= 15 is 0 Å². The lowest BCUT2D eigenvalue weighted by Crippen LogP contribution is -2.65. The summed E-state index contributed by atoms with van der Waals surface area (Å²) in [6.07, 6.45) is 2.18. The van der Waals surface area contributed by atoms with E-state index in [1.54, 1.807) is 6.07 Å². The third-order valence-electron chi connectivity index (χ3n) is 6.20. The summed E-state index contributed by atoms with van der Waals surface area (Å²) in [6, 6.07) is 11.4. The maximum Gasteiger partial charge on any atom is 0.238 e. The van der Waals surface area contributed by atoms with Crippen molar-refractivity contribution in [2.75, 3.05) is 30.4 Å². The van der Waals surface area contributed by atoms with Crippen LogP contribution in [0.25, 0.3) is 0 Å². The van der Waals surface area contributed by atoms with Gasteiger partial charge >= 0.3 is 0 Å². The van der Waals surface area contributed by atoms with E-state index < -0.39 is 5.41 Å². The van der Waals surface area contributed by atoms with E-state index in [1.807, 2.05) is 36.1 Å². The average molecular weight is 480 g/mol. The molecule has 3 aromatic rings. The van der Waals surface area contributed by atoms with Gasteiger partial charge in [-0.25, -0.2) is 4.98 Å². The fourth-order valence-corrected chi connectivity index (χ4v) is 4.46. The number of amides is 1. The minimum absolute atomic E-state index is 0.173. The molecule has 1 aliphatic heterocycles. The zero-order valence-electron chi connectivity index (χ0n) is 19.5. The van der Waals surface area contributed by atoms with Gasteiger partial charge in [0.2, 0.25) is 5.91 Å². The lowest BCUT2D eigenvalue weighted by atomic mass is 9.69. The van der Waals surface area contributed by atoms with E-state index in [0.717, 1.165) is 16.7 Å². The van der Waals surface area contributed by atoms with Crippen LogP contribution in [0.3, 0.4) is 0 Å². The molecule has 1 N–H and O–H groups in total. The molecule has 0 unspecified atom stereocenters. The number of carbonyl (C=O) groups is 2. The summed E-state index contributed by atoms with van der Waals surface area (Å²) >= 11 is 5.99. The number of hydrogen-bond donors (Lipinski definition) is 1. The van der Waals surface area contributed by atoms with Crippen LogP contribution in [0.1, 0.15) is 46.9 Å². The summed E-state index contributed by atoms with van der Waals surface area (Å²) < 4.78 is 5.39. The second-order valence-corrected chi connectivity index (χ2v) is 9.12. The van der Waals surface area contributed by atoms with Crippen molar-refractivity contribution in [3.8, 4) is 5.75 Å². The van der Waals surface area contributed by atoms with Crippen LogP contribution in [-0.4, -0.2) is 47.6 Å². The van der Waals surface area contributed by atoms with Crippen molar-refractivity contribution in [2.24, 2.45) is 0 Å². The van der Waals surface area contributed by atoms with Gasteiger partial charge in [-0.2, -0.15) is 0 Å². The monoisotopic (exact) mass is 479 g/mol. The first-order valence-electron chi connectivity index (χ1n) is 10.9. The van der Waals surface area contributed by atoms with Gasteiger partial charge in [0.1, 0.15) is 27.7 Å². The summed E-state index contributed by atoms with van der Waals surface area (Å²) in [5.74, 6) is 1.12. The summed E-state index contributed by atoms with van der Waals surface area (Å²) in [4.78, 5) is 31.1. The third kappa shape index (κ3) is 4.21. The highest BCUT2D eigenvalue weighted by molar-refractivity contribution is 6.29. The van der Waals surface area contributed by atoms with E-state index in [2.05, 4.69) is 40.4 Å². The highest BCUT2D eigenvalue weighted by Crippen LogP contribution is 2.42. The van der Waals surface area contributed by atoms with Crippen molar-refractivity contribution in [2.45, 2.75) is 32.1 Å². The number of ether oxygens (including phenoxy) is 1. The summed E-state index contributed by atoms with van der Waals surface area (Å²) in [7, 11) is 1.51. The Labute approximate surface area is 203 Å². The zero-order valence-corrected chi connectivity index (χ0v) is 20.3. The zero-order chi connectivity index (χ0) is 24.5. The molecule has 3 heterocycles. The number of hydrogen-bond acceptors (Lipinski definition) is 7. The summed E-state index contributed by atoms with van der Waals surface area (Å²) in [6.45, 7) is 6.84. The Morgan fingerprint density at radius 2 is 1.97 bits per heavy atom. The largest absolute Gasteiger partial charge is 0.494 e. The van der Waals surface area contributed by atoms with Crippen LogP contribution in [0.4, 0.5) is 11.5 Å². The second-order valence-electron chi connectivity index (χ2n) is 8.73. The molecule has 1 amide bonds. The van der Waals surface area contributed by atoms with Gasteiger partial charge in [-0.15, -0.1) is 10.2 Å². The van der Waals surface area contributed by atoms with Gasteiger partial charge in [0, 0.05) is 19.2 Å². The van der Waals surface area contributed by atoms with Crippen molar-refractivity contribution < 1.29 is 14.3 Å². The topological polar surface area (TPSA) is 97.3 Å². The van der Waals surface area contributed by atoms with E-state index in [4.69, 9.17) is 16.3 Å². The van der Waals surface area contributed by atoms with Crippen LogP contribution in [0.2, 0.25) is 5.15 Å². The highest BCUT2D eigenvalue weighted by Gasteiger charge is 2.52. The minimum atomic E-state index is -0.829. The molecule has 0 radical (unpaired) electrons. The average Bonchev–Trinajstić information content (AvgIpc) is 2.80. The smallest absolute Gasteiger partial charge is 0.238 e. The number of pyridine rings is 1. The minimum Gasteiger partial charge on any atom is -0.494 e. The van der Waals surface area contributed by atoms with Crippen LogP contribution in [0.15, 0.2) is 42.6 Å². The molecule has 34 heavy (non-hydrogen) atoms. The van der Waals surface area contributed by atoms with Crippen molar-refractivity contribution >= 4 is 35.3 Å². The van der Waals surface area contributed by atoms with Gasteiger partial charge in [0.05, 0.1) is 13.3 Å². The number of rotatable bonds is 7. The number of aromatic nitrogens is 3. The van der Waals surface area contributed by atoms with Gasteiger partial charge in [0.25, 0.3) is 0 Å². The first kappa shape index (κ1) is 23.6. The van der Waals surface area contributed by atoms with Crippen molar-refractivity contribution in [3.05, 3.63) is 70.1 Å². The normalized spacial score (nSPS) is 14.5. The molecule has 0 spiro atoms. The Hall–Kier alpha value is -3.52. The highest BCUT2D eigenvalue weighted by atomic mass is 35.5. The maximum atomic E-state index is 13.9. The quantitative estimate of drug-likeness (QED) is 0.401. The fraction of sp³-hybridized carbons (Fsp3) is 0.320. The maximum absolute atomic E-state index is 13.9. The molecule has 9 heteroatoms. The molecule has 0 saturated carbocycles. The Balaban J connectivity index is 1.72. The molecule has 0 aliphatic carbocycles. The molecule has 1 aliphatic rings. The summed E-state index contributed by atoms with van der Waals surface area (Å²) in [5.41, 5.74) is 2.74. The number of carbonyl (C=O) groups excluding carboxylic acids is 2. The number of methoxy groups -OCH3 is 1. The van der Waals surface area contributed by atoms with Crippen LogP contribution < -0.4 is 15.0 Å². The predicted molar refractivity (Wildman–Crippen MR) is 131 cm³/mol. The number of nitrogens with one attached hydrogen (secondary N) is 1. The van der Waals surface area contributed by atoms with E-state index in [1.165, 1.54) is 13.3 Å². The van der Waals surface area contributed by atoms with E-state index in [0.29, 0.717) is 42.3 Å². The molecular weight excluding hydrogens is 454 g/mol. The number of benzene rings is 1. The third-order valence-corrected chi connectivity index (χ3v) is 6.41. The molecule has 1 saturated heterocycles. The fourth-order valence-electron chi connectivity index (χ4n) is 4.31. The Kier molecular flexibility index (Phi) is 6.52. The number of aryl methyl sites for hydroxylation is 1. The molecule has 0 bridgehead atoms. The number of anilines is 2. The molecule has 0 atom stereocenters. The lowest BCUT2D eigenvalue weighted by molar-refractivity contribution is -0.122. The Morgan fingerprint density at radius 1 is 1.24 bits per heavy atom. The van der Waals surface area contributed by atoms with Crippen molar-refractivity contribution in [1.29, 1.82) is 0 Å². The first-order valence-corrected chi connectivity index (χ1v) is 11.3. The van der Waals surface area contributed by atoms with Gasteiger partial charge in [-0.3, -0.25) is 9.59 Å². The molecule has 4 rings (SSSR count). The van der Waals surface area contributed by atoms with Gasteiger partial charge in [-0.1, -0.05) is 49.7 Å². The molecular formula is C25H26ClN5O3. The van der Waals surface area contributed by atoms with E-state index in [-0.39, 0.29) is 17.0 Å². The molecule has 1 aromatic carbocycles. The van der Waals surface area contributed by atoms with Crippen LogP contribution in [0.5, 0.6) is 5.75 Å². The van der Waals surface area contributed by atoms with Crippen LogP contribution >= 0.6 is 11.6 Å². The summed E-state index contributed by atoms with van der Waals surface area (Å²) in [5, 5.41) is 11.5. The molecule has 8 nitrogen and oxygen atoms in total. The SMILES string of the molecule is COc1cc(Cl)ncc1NC(=O)C1(c2ccccc2C(C)C)CN(c2cc(C)c(C=O)nn2)C1. The first-order chi connectivity index (χ1) is 16.3. The van der Waals surface area contributed by atoms with Gasteiger partial charge < -0.3 is 15.0 Å². The van der Waals surface area contributed by atoms with Crippen molar-refractivity contribution in [3.63, 3.8) is 0 Å². The molecule has 1 fully saturated rings. The Morgan fingerprint density at radius 3 is 2.62 bits per heavy atom. The van der Waals surface area contributed by atoms with Crippen LogP contribution in [-0.2, 0) is 10.2 Å².